The van der Waals surface area contributed by atoms with E-state index in [1.165, 1.54) is 0 Å². The molecule has 6 nitrogen and oxygen atoms in total. The summed E-state index contributed by atoms with van der Waals surface area (Å²) in [5, 5.41) is 12.6. The van der Waals surface area contributed by atoms with Gasteiger partial charge in [0.1, 0.15) is 18.4 Å². The summed E-state index contributed by atoms with van der Waals surface area (Å²) in [6, 6.07) is 16.1. The van der Waals surface area contributed by atoms with Gasteiger partial charge in [-0.15, -0.1) is 0 Å². The number of nitrogens with zero attached hydrogens (tertiary/aromatic N) is 1. The van der Waals surface area contributed by atoms with Gasteiger partial charge in [-0.1, -0.05) is 35.9 Å². The molecular weight excluding hydrogens is 392 g/mol. The Morgan fingerprint density at radius 1 is 1.07 bits per heavy atom. The third-order valence-corrected chi connectivity index (χ3v) is 4.39. The van der Waals surface area contributed by atoms with E-state index in [9.17, 15) is 14.7 Å². The van der Waals surface area contributed by atoms with Crippen LogP contribution in [0.5, 0.6) is 5.75 Å². The standard InChI is InChI=1S/C22H19ClN2O4/c23-18-7-1-4-15(10-18)11-20(22(27)28)25-21(26)17-6-2-8-19(12-17)29-14-16-5-3-9-24-13-16/h1-10,12-13,20H,11,14H2,(H,25,26)(H,27,28). The molecule has 148 valence electrons. The Morgan fingerprint density at radius 2 is 1.86 bits per heavy atom. The van der Waals surface area contributed by atoms with Crippen LogP contribution in [0.15, 0.2) is 73.1 Å². The number of carbonyl (C=O) groups is 2. The molecule has 0 aliphatic rings. The molecule has 1 atom stereocenters. The van der Waals surface area contributed by atoms with E-state index in [1.807, 2.05) is 12.1 Å². The third-order valence-electron chi connectivity index (χ3n) is 4.16. The number of ether oxygens (including phenoxy) is 1. The van der Waals surface area contributed by atoms with E-state index >= 15 is 0 Å². The molecular formula is C22H19ClN2O4. The highest BCUT2D eigenvalue weighted by atomic mass is 35.5. The number of nitrogens with one attached hydrogen (secondary N) is 1. The van der Waals surface area contributed by atoms with Crippen LogP contribution in [-0.4, -0.2) is 28.0 Å². The molecule has 1 heterocycles. The monoisotopic (exact) mass is 410 g/mol. The first kappa shape index (κ1) is 20.4. The lowest BCUT2D eigenvalue weighted by atomic mass is 10.1. The Hall–Kier alpha value is -3.38. The van der Waals surface area contributed by atoms with Crippen LogP contribution in [0.2, 0.25) is 5.02 Å². The van der Waals surface area contributed by atoms with Crippen LogP contribution in [0.25, 0.3) is 0 Å². The molecule has 1 aromatic heterocycles. The number of carboxylic acids is 1. The first-order valence-corrected chi connectivity index (χ1v) is 9.29. The number of halogens is 1. The minimum Gasteiger partial charge on any atom is -0.489 e. The van der Waals surface area contributed by atoms with Crippen LogP contribution in [0.1, 0.15) is 21.5 Å². The van der Waals surface area contributed by atoms with Crippen LogP contribution in [0.3, 0.4) is 0 Å². The molecule has 0 saturated heterocycles. The molecule has 0 bridgehead atoms. The second-order valence-electron chi connectivity index (χ2n) is 6.38. The van der Waals surface area contributed by atoms with Crippen LogP contribution in [0.4, 0.5) is 0 Å². The maximum atomic E-state index is 12.6. The second kappa shape index (κ2) is 9.71. The number of carbonyl (C=O) groups excluding carboxylic acids is 1. The minimum absolute atomic E-state index is 0.124. The summed E-state index contributed by atoms with van der Waals surface area (Å²) in [7, 11) is 0. The van der Waals surface area contributed by atoms with Crippen molar-refractivity contribution in [1.29, 1.82) is 0 Å². The van der Waals surface area contributed by atoms with Crippen molar-refractivity contribution < 1.29 is 19.4 Å². The van der Waals surface area contributed by atoms with E-state index < -0.39 is 17.9 Å². The molecule has 2 N–H and O–H groups in total. The predicted molar refractivity (Wildman–Crippen MR) is 109 cm³/mol. The van der Waals surface area contributed by atoms with Crippen molar-refractivity contribution in [2.24, 2.45) is 0 Å². The van der Waals surface area contributed by atoms with Crippen molar-refractivity contribution >= 4 is 23.5 Å². The van der Waals surface area contributed by atoms with Gasteiger partial charge in [0.25, 0.3) is 5.91 Å². The minimum atomic E-state index is -1.12. The van der Waals surface area contributed by atoms with E-state index in [0.29, 0.717) is 22.9 Å². The highest BCUT2D eigenvalue weighted by Gasteiger charge is 2.21. The van der Waals surface area contributed by atoms with Gasteiger partial charge in [-0.3, -0.25) is 9.78 Å². The molecule has 0 aliphatic carbocycles. The average molecular weight is 411 g/mol. The molecule has 29 heavy (non-hydrogen) atoms. The van der Waals surface area contributed by atoms with E-state index in [1.54, 1.807) is 60.9 Å². The maximum absolute atomic E-state index is 12.6. The smallest absolute Gasteiger partial charge is 0.326 e. The summed E-state index contributed by atoms with van der Waals surface area (Å²) in [6.45, 7) is 0.311. The fourth-order valence-electron chi connectivity index (χ4n) is 2.72. The first-order chi connectivity index (χ1) is 14.0. The molecule has 0 radical (unpaired) electrons. The number of rotatable bonds is 8. The van der Waals surface area contributed by atoms with Crippen LogP contribution in [-0.2, 0) is 17.8 Å². The molecule has 0 aliphatic heterocycles. The molecule has 0 fully saturated rings. The van der Waals surface area contributed by atoms with Gasteiger partial charge in [0.15, 0.2) is 0 Å². The van der Waals surface area contributed by atoms with E-state index in [4.69, 9.17) is 16.3 Å². The van der Waals surface area contributed by atoms with Crippen molar-refractivity contribution in [3.05, 3.63) is 94.8 Å². The molecule has 7 heteroatoms. The molecule has 3 aromatic rings. The van der Waals surface area contributed by atoms with Crippen molar-refractivity contribution in [1.82, 2.24) is 10.3 Å². The summed E-state index contributed by atoms with van der Waals surface area (Å²) < 4.78 is 5.69. The lowest BCUT2D eigenvalue weighted by Gasteiger charge is -2.15. The third kappa shape index (κ3) is 6.05. The SMILES string of the molecule is O=C(NC(Cc1cccc(Cl)c1)C(=O)O)c1cccc(OCc2cccnc2)c1. The Kier molecular flexibility index (Phi) is 6.81. The number of aliphatic carboxylic acids is 1. The van der Waals surface area contributed by atoms with Crippen molar-refractivity contribution in [3.63, 3.8) is 0 Å². The van der Waals surface area contributed by atoms with E-state index in [0.717, 1.165) is 11.1 Å². The molecule has 0 saturated carbocycles. The van der Waals surface area contributed by atoms with E-state index in [-0.39, 0.29) is 6.42 Å². The number of hydrogen-bond donors (Lipinski definition) is 2. The van der Waals surface area contributed by atoms with Gasteiger partial charge in [0.2, 0.25) is 0 Å². The zero-order chi connectivity index (χ0) is 20.6. The number of hydrogen-bond acceptors (Lipinski definition) is 4. The largest absolute Gasteiger partial charge is 0.489 e. The number of pyridine rings is 1. The Labute approximate surface area is 173 Å². The summed E-state index contributed by atoms with van der Waals surface area (Å²) in [4.78, 5) is 28.2. The Morgan fingerprint density at radius 3 is 2.59 bits per heavy atom. The molecule has 1 amide bonds. The van der Waals surface area contributed by atoms with Crippen molar-refractivity contribution in [2.75, 3.05) is 0 Å². The predicted octanol–water partition coefficient (Wildman–Crippen LogP) is 3.74. The molecule has 0 spiro atoms. The quantitative estimate of drug-likeness (QED) is 0.590. The topological polar surface area (TPSA) is 88.5 Å². The second-order valence-corrected chi connectivity index (χ2v) is 6.81. The number of aromatic nitrogens is 1. The maximum Gasteiger partial charge on any atom is 0.326 e. The fraction of sp³-hybridized carbons (Fsp3) is 0.136. The van der Waals surface area contributed by atoms with Gasteiger partial charge in [-0.2, -0.15) is 0 Å². The van der Waals surface area contributed by atoms with Crippen LogP contribution in [0, 0.1) is 0 Å². The number of benzene rings is 2. The molecule has 2 aromatic carbocycles. The summed E-state index contributed by atoms with van der Waals surface area (Å²) >= 11 is 5.95. The van der Waals surface area contributed by atoms with Gasteiger partial charge < -0.3 is 15.2 Å². The van der Waals surface area contributed by atoms with Gasteiger partial charge in [0.05, 0.1) is 0 Å². The van der Waals surface area contributed by atoms with Crippen LogP contribution >= 0.6 is 11.6 Å². The molecule has 3 rings (SSSR count). The average Bonchev–Trinajstić information content (AvgIpc) is 2.72. The zero-order valence-electron chi connectivity index (χ0n) is 15.4. The lowest BCUT2D eigenvalue weighted by Crippen LogP contribution is -2.42. The van der Waals surface area contributed by atoms with Crippen LogP contribution < -0.4 is 10.1 Å². The summed E-state index contributed by atoms with van der Waals surface area (Å²) in [5.74, 6) is -1.11. The van der Waals surface area contributed by atoms with Gasteiger partial charge >= 0.3 is 5.97 Å². The van der Waals surface area contributed by atoms with Crippen molar-refractivity contribution in [2.45, 2.75) is 19.1 Å². The first-order valence-electron chi connectivity index (χ1n) is 8.91. The summed E-state index contributed by atoms with van der Waals surface area (Å²) in [6.07, 6.45) is 3.50. The lowest BCUT2D eigenvalue weighted by molar-refractivity contribution is -0.139. The van der Waals surface area contributed by atoms with E-state index in [2.05, 4.69) is 10.3 Å². The number of amides is 1. The van der Waals surface area contributed by atoms with Gasteiger partial charge in [-0.05, 0) is 42.0 Å². The van der Waals surface area contributed by atoms with Gasteiger partial charge in [-0.25, -0.2) is 4.79 Å². The van der Waals surface area contributed by atoms with Gasteiger partial charge in [0, 0.05) is 35.0 Å². The Balaban J connectivity index is 1.66. The Bertz CT molecular complexity index is 995. The zero-order valence-corrected chi connectivity index (χ0v) is 16.2. The highest BCUT2D eigenvalue weighted by molar-refractivity contribution is 6.30. The molecule has 1 unspecified atom stereocenters. The normalized spacial score (nSPS) is 11.5. The summed E-state index contributed by atoms with van der Waals surface area (Å²) in [5.41, 5.74) is 1.93. The highest BCUT2D eigenvalue weighted by Crippen LogP contribution is 2.16. The van der Waals surface area contributed by atoms with Crippen molar-refractivity contribution in [3.8, 4) is 5.75 Å². The number of carboxylic acid groups (broad SMARTS) is 1. The fourth-order valence-corrected chi connectivity index (χ4v) is 2.93.